The molecule has 1 aromatic rings. The standard InChI is InChI=1S/C9H14BrN3O2S/c1-16(14,15)4-2-3-13-9-7(10)5-12-6-8(9)11/h5-6H,2-4,11H2,1H3,(H,12,13). The molecule has 0 bridgehead atoms. The van der Waals surface area contributed by atoms with Gasteiger partial charge in [0.2, 0.25) is 0 Å². The minimum Gasteiger partial charge on any atom is -0.396 e. The Bertz CT molecular complexity index is 442. The molecule has 0 aliphatic heterocycles. The van der Waals surface area contributed by atoms with Crippen molar-refractivity contribution in [1.29, 1.82) is 0 Å². The lowest BCUT2D eigenvalue weighted by atomic mass is 10.3. The Kier molecular flexibility index (Phi) is 4.55. The van der Waals surface area contributed by atoms with Gasteiger partial charge >= 0.3 is 0 Å². The number of anilines is 2. The number of nitrogens with zero attached hydrogens (tertiary/aromatic N) is 1. The van der Waals surface area contributed by atoms with Crippen molar-refractivity contribution in [2.75, 3.05) is 29.6 Å². The van der Waals surface area contributed by atoms with E-state index in [4.69, 9.17) is 5.73 Å². The molecular weight excluding hydrogens is 294 g/mol. The Labute approximate surface area is 103 Å². The van der Waals surface area contributed by atoms with Crippen molar-refractivity contribution >= 4 is 37.1 Å². The number of sulfone groups is 1. The van der Waals surface area contributed by atoms with Gasteiger partial charge in [-0.2, -0.15) is 0 Å². The van der Waals surface area contributed by atoms with E-state index in [0.29, 0.717) is 18.7 Å². The van der Waals surface area contributed by atoms with Crippen LogP contribution in [0, 0.1) is 0 Å². The maximum absolute atomic E-state index is 10.9. The number of nitrogens with one attached hydrogen (secondary N) is 1. The van der Waals surface area contributed by atoms with Gasteiger partial charge in [0.15, 0.2) is 0 Å². The summed E-state index contributed by atoms with van der Waals surface area (Å²) in [5.41, 5.74) is 7.01. The molecule has 0 fully saturated rings. The van der Waals surface area contributed by atoms with E-state index < -0.39 is 9.84 Å². The minimum absolute atomic E-state index is 0.169. The van der Waals surface area contributed by atoms with Crippen molar-refractivity contribution in [3.63, 3.8) is 0 Å². The van der Waals surface area contributed by atoms with Crippen LogP contribution in [0.3, 0.4) is 0 Å². The number of pyridine rings is 1. The summed E-state index contributed by atoms with van der Waals surface area (Å²) < 4.78 is 22.6. The normalized spacial score (nSPS) is 11.4. The molecule has 7 heteroatoms. The Morgan fingerprint density at radius 1 is 1.50 bits per heavy atom. The van der Waals surface area contributed by atoms with E-state index in [9.17, 15) is 8.42 Å². The van der Waals surface area contributed by atoms with Gasteiger partial charge in [0.25, 0.3) is 0 Å². The lowest BCUT2D eigenvalue weighted by Crippen LogP contribution is -2.11. The zero-order chi connectivity index (χ0) is 12.2. The quantitative estimate of drug-likeness (QED) is 0.800. The van der Waals surface area contributed by atoms with E-state index in [1.165, 1.54) is 6.26 Å². The molecule has 1 heterocycles. The highest BCUT2D eigenvalue weighted by molar-refractivity contribution is 9.10. The molecule has 0 aromatic carbocycles. The van der Waals surface area contributed by atoms with Gasteiger partial charge in [-0.15, -0.1) is 0 Å². The number of hydrogen-bond donors (Lipinski definition) is 2. The van der Waals surface area contributed by atoms with Crippen molar-refractivity contribution in [3.8, 4) is 0 Å². The summed E-state index contributed by atoms with van der Waals surface area (Å²) in [7, 11) is -2.89. The van der Waals surface area contributed by atoms with E-state index in [2.05, 4.69) is 26.2 Å². The van der Waals surface area contributed by atoms with Crippen LogP contribution in [0.25, 0.3) is 0 Å². The summed E-state index contributed by atoms with van der Waals surface area (Å²) in [5.74, 6) is 0.169. The van der Waals surface area contributed by atoms with Crippen LogP contribution in [0.1, 0.15) is 6.42 Å². The Balaban J connectivity index is 2.49. The molecule has 90 valence electrons. The summed E-state index contributed by atoms with van der Waals surface area (Å²) in [6.07, 6.45) is 4.95. The van der Waals surface area contributed by atoms with Gasteiger partial charge in [-0.25, -0.2) is 8.42 Å². The molecule has 0 atom stereocenters. The number of rotatable bonds is 5. The van der Waals surface area contributed by atoms with E-state index in [-0.39, 0.29) is 5.75 Å². The fourth-order valence-corrected chi connectivity index (χ4v) is 2.34. The van der Waals surface area contributed by atoms with Crippen molar-refractivity contribution in [2.45, 2.75) is 6.42 Å². The second kappa shape index (κ2) is 5.49. The average molecular weight is 308 g/mol. The summed E-state index contributed by atoms with van der Waals surface area (Å²) in [6, 6.07) is 0. The molecule has 5 nitrogen and oxygen atoms in total. The van der Waals surface area contributed by atoms with Crippen LogP contribution in [0.5, 0.6) is 0 Å². The maximum atomic E-state index is 10.9. The van der Waals surface area contributed by atoms with Crippen LogP contribution in [0.15, 0.2) is 16.9 Å². The highest BCUT2D eigenvalue weighted by atomic mass is 79.9. The Morgan fingerprint density at radius 2 is 2.19 bits per heavy atom. The van der Waals surface area contributed by atoms with Gasteiger partial charge in [-0.05, 0) is 22.4 Å². The SMILES string of the molecule is CS(=O)(=O)CCCNc1c(N)cncc1Br. The molecule has 0 amide bonds. The fourth-order valence-electron chi connectivity index (χ4n) is 1.18. The zero-order valence-electron chi connectivity index (χ0n) is 8.90. The van der Waals surface area contributed by atoms with Crippen LogP contribution in [0.4, 0.5) is 11.4 Å². The second-order valence-corrected chi connectivity index (χ2v) is 6.61. The van der Waals surface area contributed by atoms with Crippen LogP contribution < -0.4 is 11.1 Å². The highest BCUT2D eigenvalue weighted by Crippen LogP contribution is 2.26. The van der Waals surface area contributed by atoms with Crippen LogP contribution in [-0.4, -0.2) is 32.0 Å². The molecule has 1 rings (SSSR count). The number of halogens is 1. The zero-order valence-corrected chi connectivity index (χ0v) is 11.3. The molecule has 3 N–H and O–H groups in total. The number of hydrogen-bond acceptors (Lipinski definition) is 5. The molecular formula is C9H14BrN3O2S. The molecule has 0 saturated carbocycles. The predicted molar refractivity (Wildman–Crippen MR) is 69.2 cm³/mol. The van der Waals surface area contributed by atoms with E-state index >= 15 is 0 Å². The van der Waals surface area contributed by atoms with Gasteiger partial charge < -0.3 is 11.1 Å². The topological polar surface area (TPSA) is 85.1 Å². The van der Waals surface area contributed by atoms with Gasteiger partial charge in [-0.3, -0.25) is 4.98 Å². The summed E-state index contributed by atoms with van der Waals surface area (Å²) in [6.45, 7) is 0.555. The van der Waals surface area contributed by atoms with Crippen LogP contribution in [-0.2, 0) is 9.84 Å². The lowest BCUT2D eigenvalue weighted by molar-refractivity contribution is 0.600. The smallest absolute Gasteiger partial charge is 0.147 e. The number of nitrogen functional groups attached to an aromatic ring is 1. The Hall–Kier alpha value is -0.820. The molecule has 0 saturated heterocycles. The van der Waals surface area contributed by atoms with Gasteiger partial charge in [0.05, 0.1) is 27.8 Å². The lowest BCUT2D eigenvalue weighted by Gasteiger charge is -2.10. The molecule has 0 aliphatic rings. The minimum atomic E-state index is -2.89. The number of nitrogens with two attached hydrogens (primary N) is 1. The molecule has 0 radical (unpaired) electrons. The van der Waals surface area contributed by atoms with Crippen LogP contribution in [0.2, 0.25) is 0 Å². The fraction of sp³-hybridized carbons (Fsp3) is 0.444. The summed E-state index contributed by atoms with van der Waals surface area (Å²) in [4.78, 5) is 3.90. The molecule has 1 aromatic heterocycles. The predicted octanol–water partition coefficient (Wildman–Crippen LogP) is 1.27. The molecule has 0 spiro atoms. The maximum Gasteiger partial charge on any atom is 0.147 e. The first-order chi connectivity index (χ1) is 7.40. The van der Waals surface area contributed by atoms with E-state index in [1.807, 2.05) is 0 Å². The van der Waals surface area contributed by atoms with Crippen molar-refractivity contribution in [1.82, 2.24) is 4.98 Å². The van der Waals surface area contributed by atoms with Gasteiger partial charge in [-0.1, -0.05) is 0 Å². The van der Waals surface area contributed by atoms with Crippen molar-refractivity contribution < 1.29 is 8.42 Å². The number of aromatic nitrogens is 1. The molecule has 0 unspecified atom stereocenters. The first-order valence-electron chi connectivity index (χ1n) is 4.71. The van der Waals surface area contributed by atoms with Gasteiger partial charge in [0.1, 0.15) is 9.84 Å². The summed E-state index contributed by atoms with van der Waals surface area (Å²) in [5, 5.41) is 3.08. The molecule has 16 heavy (non-hydrogen) atoms. The Morgan fingerprint density at radius 3 is 2.75 bits per heavy atom. The monoisotopic (exact) mass is 307 g/mol. The van der Waals surface area contributed by atoms with Crippen molar-refractivity contribution in [3.05, 3.63) is 16.9 Å². The van der Waals surface area contributed by atoms with E-state index in [1.54, 1.807) is 12.4 Å². The van der Waals surface area contributed by atoms with Crippen molar-refractivity contribution in [2.24, 2.45) is 0 Å². The third-order valence-corrected chi connectivity index (χ3v) is 3.55. The first kappa shape index (κ1) is 13.2. The summed E-state index contributed by atoms with van der Waals surface area (Å²) >= 11 is 3.32. The highest BCUT2D eigenvalue weighted by Gasteiger charge is 2.05. The third-order valence-electron chi connectivity index (χ3n) is 1.92. The van der Waals surface area contributed by atoms with E-state index in [0.717, 1.165) is 10.2 Å². The van der Waals surface area contributed by atoms with Crippen LogP contribution >= 0.6 is 15.9 Å². The largest absolute Gasteiger partial charge is 0.396 e. The first-order valence-corrected chi connectivity index (χ1v) is 7.56. The third kappa shape index (κ3) is 4.36. The average Bonchev–Trinajstić information content (AvgIpc) is 2.14. The molecule has 0 aliphatic carbocycles. The second-order valence-electron chi connectivity index (χ2n) is 3.50. The van der Waals surface area contributed by atoms with Gasteiger partial charge in [0, 0.05) is 19.0 Å².